The Morgan fingerprint density at radius 2 is 2.17 bits per heavy atom. The van der Waals surface area contributed by atoms with Gasteiger partial charge < -0.3 is 5.32 Å². The van der Waals surface area contributed by atoms with Crippen LogP contribution < -0.4 is 5.32 Å². The Morgan fingerprint density at radius 3 is 2.67 bits per heavy atom. The number of carbonyl (C=O) groups is 1. The highest BCUT2D eigenvalue weighted by molar-refractivity contribution is 6.33. The van der Waals surface area contributed by atoms with E-state index in [1.165, 1.54) is 6.92 Å². The Hall–Kier alpha value is -1.27. The summed E-state index contributed by atoms with van der Waals surface area (Å²) in [6.45, 7) is 4.58. The third-order valence-electron chi connectivity index (χ3n) is 2.61. The molecule has 1 aliphatic rings. The zero-order chi connectivity index (χ0) is 12.6. The van der Waals surface area contributed by atoms with E-state index >= 15 is 0 Å². The normalized spacial score (nSPS) is 14.2. The number of nitrogens with one attached hydrogen (secondary N) is 1. The number of guanidine groups is 1. The summed E-state index contributed by atoms with van der Waals surface area (Å²) in [5.74, 6) is 0.502. The number of carbonyl (C=O) groups excluding carboxylic acids is 1. The first kappa shape index (κ1) is 14.8. The van der Waals surface area contributed by atoms with Crippen LogP contribution in [0.2, 0.25) is 5.15 Å². The van der Waals surface area contributed by atoms with Gasteiger partial charge in [-0.2, -0.15) is 5.10 Å². The molecule has 0 atom stereocenters. The van der Waals surface area contributed by atoms with Crippen LogP contribution in [0.4, 0.5) is 5.69 Å². The van der Waals surface area contributed by atoms with Gasteiger partial charge in [-0.1, -0.05) is 11.6 Å². The van der Waals surface area contributed by atoms with Gasteiger partial charge in [-0.3, -0.25) is 19.4 Å². The van der Waals surface area contributed by atoms with Crippen LogP contribution in [0, 0.1) is 6.92 Å². The number of aryl methyl sites for hydroxylation is 2. The SMILES string of the molecule is CC(=O)N1CCN=C1Nc1c(C)nn(C)c1Cl.Cl. The number of hydrogen-bond donors (Lipinski definition) is 1. The Labute approximate surface area is 116 Å². The molecule has 0 aliphatic carbocycles. The van der Waals surface area contributed by atoms with Gasteiger partial charge in [0.05, 0.1) is 12.2 Å². The van der Waals surface area contributed by atoms with Gasteiger partial charge in [0, 0.05) is 20.5 Å². The van der Waals surface area contributed by atoms with E-state index in [0.717, 1.165) is 5.69 Å². The van der Waals surface area contributed by atoms with E-state index in [4.69, 9.17) is 11.6 Å². The summed E-state index contributed by atoms with van der Waals surface area (Å²) in [6.07, 6.45) is 0. The molecule has 0 saturated heterocycles. The number of hydrogen-bond acceptors (Lipinski definition) is 4. The van der Waals surface area contributed by atoms with Gasteiger partial charge in [-0.05, 0) is 6.92 Å². The second-order valence-corrected chi connectivity index (χ2v) is 4.23. The van der Waals surface area contributed by atoms with Crippen LogP contribution in [-0.2, 0) is 11.8 Å². The zero-order valence-corrected chi connectivity index (χ0v) is 12.0. The lowest BCUT2D eigenvalue weighted by Crippen LogP contribution is -2.36. The van der Waals surface area contributed by atoms with Gasteiger partial charge in [-0.15, -0.1) is 12.4 Å². The largest absolute Gasteiger partial charge is 0.322 e. The summed E-state index contributed by atoms with van der Waals surface area (Å²) in [6, 6.07) is 0. The average molecular weight is 292 g/mol. The molecule has 6 nitrogen and oxygen atoms in total. The summed E-state index contributed by atoms with van der Waals surface area (Å²) in [4.78, 5) is 17.2. The highest BCUT2D eigenvalue weighted by atomic mass is 35.5. The Bertz CT molecular complexity index is 497. The molecule has 1 aromatic heterocycles. The second-order valence-electron chi connectivity index (χ2n) is 3.88. The van der Waals surface area contributed by atoms with E-state index < -0.39 is 0 Å². The van der Waals surface area contributed by atoms with Gasteiger partial charge in [-0.25, -0.2) is 0 Å². The first-order valence-corrected chi connectivity index (χ1v) is 5.67. The van der Waals surface area contributed by atoms with Crippen molar-refractivity contribution in [3.05, 3.63) is 10.8 Å². The molecule has 0 saturated carbocycles. The minimum absolute atomic E-state index is 0. The number of nitrogens with zero attached hydrogens (tertiary/aromatic N) is 4. The number of halogens is 2. The molecule has 1 aromatic rings. The van der Waals surface area contributed by atoms with E-state index in [-0.39, 0.29) is 18.3 Å². The van der Waals surface area contributed by atoms with E-state index in [9.17, 15) is 4.79 Å². The van der Waals surface area contributed by atoms with E-state index in [0.29, 0.717) is 29.9 Å². The van der Waals surface area contributed by atoms with Crippen molar-refractivity contribution in [2.24, 2.45) is 12.0 Å². The fourth-order valence-corrected chi connectivity index (χ4v) is 1.97. The van der Waals surface area contributed by atoms with Gasteiger partial charge in [0.15, 0.2) is 5.15 Å². The van der Waals surface area contributed by atoms with Crippen molar-refractivity contribution >= 4 is 41.6 Å². The lowest BCUT2D eigenvalue weighted by atomic mass is 10.4. The first-order chi connectivity index (χ1) is 8.00. The number of anilines is 1. The lowest BCUT2D eigenvalue weighted by molar-refractivity contribution is -0.124. The van der Waals surface area contributed by atoms with Crippen molar-refractivity contribution in [3.8, 4) is 0 Å². The molecule has 0 unspecified atom stereocenters. The lowest BCUT2D eigenvalue weighted by Gasteiger charge is -2.17. The highest BCUT2D eigenvalue weighted by Gasteiger charge is 2.23. The fraction of sp³-hybridized carbons (Fsp3) is 0.500. The molecule has 2 heterocycles. The molecule has 100 valence electrons. The molecular weight excluding hydrogens is 277 g/mol. The van der Waals surface area contributed by atoms with Crippen molar-refractivity contribution in [3.63, 3.8) is 0 Å². The summed E-state index contributed by atoms with van der Waals surface area (Å²) in [7, 11) is 1.76. The topological polar surface area (TPSA) is 62.5 Å². The Kier molecular flexibility index (Phi) is 4.59. The van der Waals surface area contributed by atoms with Gasteiger partial charge in [0.2, 0.25) is 11.9 Å². The van der Waals surface area contributed by atoms with Crippen LogP contribution in [0.15, 0.2) is 4.99 Å². The quantitative estimate of drug-likeness (QED) is 0.851. The molecule has 18 heavy (non-hydrogen) atoms. The predicted octanol–water partition coefficient (Wildman–Crippen LogP) is 1.43. The van der Waals surface area contributed by atoms with Crippen LogP contribution in [0.1, 0.15) is 12.6 Å². The predicted molar refractivity (Wildman–Crippen MR) is 73.5 cm³/mol. The number of aromatic nitrogens is 2. The molecule has 0 spiro atoms. The molecule has 1 amide bonds. The van der Waals surface area contributed by atoms with Gasteiger partial charge in [0.25, 0.3) is 0 Å². The van der Waals surface area contributed by atoms with Crippen LogP contribution >= 0.6 is 24.0 Å². The average Bonchev–Trinajstić information content (AvgIpc) is 2.80. The summed E-state index contributed by atoms with van der Waals surface area (Å²) >= 11 is 6.10. The molecule has 2 rings (SSSR count). The van der Waals surface area contributed by atoms with Crippen LogP contribution in [0.5, 0.6) is 0 Å². The first-order valence-electron chi connectivity index (χ1n) is 5.29. The molecule has 8 heteroatoms. The number of rotatable bonds is 1. The van der Waals surface area contributed by atoms with E-state index in [1.807, 2.05) is 6.92 Å². The number of amides is 1. The van der Waals surface area contributed by atoms with Crippen molar-refractivity contribution in [2.75, 3.05) is 18.4 Å². The maximum absolute atomic E-state index is 11.4. The summed E-state index contributed by atoms with van der Waals surface area (Å²) < 4.78 is 1.58. The molecule has 0 radical (unpaired) electrons. The zero-order valence-electron chi connectivity index (χ0n) is 10.4. The maximum Gasteiger partial charge on any atom is 0.226 e. The molecule has 0 bridgehead atoms. The van der Waals surface area contributed by atoms with Crippen LogP contribution in [-0.4, -0.2) is 39.6 Å². The molecule has 0 fully saturated rings. The van der Waals surface area contributed by atoms with E-state index in [1.54, 1.807) is 16.6 Å². The number of aliphatic imine (C=N–C) groups is 1. The molecule has 0 aromatic carbocycles. The van der Waals surface area contributed by atoms with Crippen molar-refractivity contribution in [1.29, 1.82) is 0 Å². The van der Waals surface area contributed by atoms with Gasteiger partial charge in [0.1, 0.15) is 5.69 Å². The fourth-order valence-electron chi connectivity index (χ4n) is 1.74. The van der Waals surface area contributed by atoms with Crippen molar-refractivity contribution in [2.45, 2.75) is 13.8 Å². The molecule has 1 N–H and O–H groups in total. The third kappa shape index (κ3) is 2.59. The molecular formula is C10H15Cl2N5O. The maximum atomic E-state index is 11.4. The molecule has 1 aliphatic heterocycles. The third-order valence-corrected chi connectivity index (χ3v) is 3.04. The second kappa shape index (κ2) is 5.58. The summed E-state index contributed by atoms with van der Waals surface area (Å²) in [5, 5.41) is 7.76. The van der Waals surface area contributed by atoms with Crippen LogP contribution in [0.25, 0.3) is 0 Å². The summed E-state index contributed by atoms with van der Waals surface area (Å²) in [5.41, 5.74) is 1.47. The van der Waals surface area contributed by atoms with E-state index in [2.05, 4.69) is 15.4 Å². The highest BCUT2D eigenvalue weighted by Crippen LogP contribution is 2.25. The van der Waals surface area contributed by atoms with Crippen LogP contribution in [0.3, 0.4) is 0 Å². The Morgan fingerprint density at radius 1 is 1.50 bits per heavy atom. The minimum Gasteiger partial charge on any atom is -0.322 e. The minimum atomic E-state index is -0.0357. The standard InChI is InChI=1S/C10H14ClN5O.ClH/c1-6-8(9(11)15(3)14-6)13-10-12-4-5-16(10)7(2)17;/h4-5H2,1-3H3,(H,12,13);1H. The van der Waals surface area contributed by atoms with Crippen molar-refractivity contribution in [1.82, 2.24) is 14.7 Å². The smallest absolute Gasteiger partial charge is 0.226 e. The van der Waals surface area contributed by atoms with Crippen molar-refractivity contribution < 1.29 is 4.79 Å². The Balaban J connectivity index is 0.00000162. The monoisotopic (exact) mass is 291 g/mol. The van der Waals surface area contributed by atoms with Gasteiger partial charge >= 0.3 is 0 Å².